The average molecular weight is 331 g/mol. The van der Waals surface area contributed by atoms with E-state index in [1.807, 2.05) is 32.9 Å². The Bertz CT molecular complexity index is 933. The van der Waals surface area contributed by atoms with Crippen LogP contribution in [0.4, 0.5) is 0 Å². The number of fused-ring (bicyclic) bond motifs is 1. The van der Waals surface area contributed by atoms with E-state index in [1.54, 1.807) is 18.3 Å². The standard InChI is InChI=1S/C15H15ClN6O/c1-15(2,3)12-13(23)22(14-19-17-9-21(14)20-12)18-8-10-4-6-11(16)7-5-10/h4-9H,1-3H3/b18-8+. The van der Waals surface area contributed by atoms with E-state index in [9.17, 15) is 4.79 Å². The van der Waals surface area contributed by atoms with Gasteiger partial charge in [-0.2, -0.15) is 19.4 Å². The minimum atomic E-state index is -0.424. The largest absolute Gasteiger partial charge is 0.298 e. The Kier molecular flexibility index (Phi) is 3.73. The van der Waals surface area contributed by atoms with E-state index in [2.05, 4.69) is 20.4 Å². The van der Waals surface area contributed by atoms with Gasteiger partial charge < -0.3 is 0 Å². The van der Waals surface area contributed by atoms with Crippen LogP contribution in [-0.2, 0) is 5.41 Å². The predicted molar refractivity (Wildman–Crippen MR) is 88.2 cm³/mol. The molecule has 0 aliphatic heterocycles. The van der Waals surface area contributed by atoms with Gasteiger partial charge in [0, 0.05) is 10.4 Å². The molecule has 0 bridgehead atoms. The quantitative estimate of drug-likeness (QED) is 0.674. The molecular weight excluding hydrogens is 316 g/mol. The van der Waals surface area contributed by atoms with E-state index in [0.717, 1.165) is 5.56 Å². The maximum Gasteiger partial charge on any atom is 0.298 e. The van der Waals surface area contributed by atoms with Crippen LogP contribution in [0, 0.1) is 0 Å². The molecule has 0 saturated heterocycles. The average Bonchev–Trinajstić information content (AvgIpc) is 2.94. The van der Waals surface area contributed by atoms with Gasteiger partial charge in [-0.1, -0.05) is 44.5 Å². The molecule has 0 radical (unpaired) electrons. The molecular formula is C15H15ClN6O. The van der Waals surface area contributed by atoms with Crippen LogP contribution in [0.2, 0.25) is 5.02 Å². The number of rotatable bonds is 2. The molecule has 0 unspecified atom stereocenters. The molecule has 3 aromatic rings. The number of halogens is 1. The highest BCUT2D eigenvalue weighted by molar-refractivity contribution is 6.30. The summed E-state index contributed by atoms with van der Waals surface area (Å²) in [5.41, 5.74) is 0.460. The minimum absolute atomic E-state index is 0.258. The number of benzene rings is 1. The summed E-state index contributed by atoms with van der Waals surface area (Å²) in [6.07, 6.45) is 3.01. The van der Waals surface area contributed by atoms with Gasteiger partial charge in [-0.3, -0.25) is 4.79 Å². The third-order valence-electron chi connectivity index (χ3n) is 3.21. The van der Waals surface area contributed by atoms with Gasteiger partial charge in [0.15, 0.2) is 0 Å². The molecule has 118 valence electrons. The third kappa shape index (κ3) is 3.00. The Balaban J connectivity index is 2.16. The van der Waals surface area contributed by atoms with Crippen LogP contribution in [0.5, 0.6) is 0 Å². The van der Waals surface area contributed by atoms with Gasteiger partial charge in [0.2, 0.25) is 0 Å². The Hall–Kier alpha value is -2.54. The van der Waals surface area contributed by atoms with Gasteiger partial charge in [0.05, 0.1) is 6.21 Å². The van der Waals surface area contributed by atoms with Gasteiger partial charge in [0.1, 0.15) is 12.0 Å². The molecule has 8 heteroatoms. The zero-order valence-corrected chi connectivity index (χ0v) is 13.7. The Morgan fingerprint density at radius 3 is 2.57 bits per heavy atom. The van der Waals surface area contributed by atoms with Crippen molar-refractivity contribution in [2.24, 2.45) is 5.10 Å². The Morgan fingerprint density at radius 1 is 1.22 bits per heavy atom. The maximum absolute atomic E-state index is 12.7. The SMILES string of the molecule is CC(C)(C)c1nn2cnnc2n(/N=C/c2ccc(Cl)cc2)c1=O. The fourth-order valence-corrected chi connectivity index (χ4v) is 2.15. The van der Waals surface area contributed by atoms with Crippen molar-refractivity contribution in [2.75, 3.05) is 0 Å². The molecule has 1 aromatic carbocycles. The molecule has 0 atom stereocenters. The van der Waals surface area contributed by atoms with Crippen molar-refractivity contribution in [1.82, 2.24) is 24.5 Å². The van der Waals surface area contributed by atoms with E-state index >= 15 is 0 Å². The normalized spacial score (nSPS) is 12.3. The van der Waals surface area contributed by atoms with E-state index in [0.29, 0.717) is 10.7 Å². The molecule has 2 heterocycles. The molecule has 0 fully saturated rings. The number of hydrogen-bond acceptors (Lipinski definition) is 5. The highest BCUT2D eigenvalue weighted by Gasteiger charge is 2.23. The van der Waals surface area contributed by atoms with Crippen molar-refractivity contribution in [1.29, 1.82) is 0 Å². The monoisotopic (exact) mass is 330 g/mol. The smallest absolute Gasteiger partial charge is 0.265 e. The molecule has 0 amide bonds. The fourth-order valence-electron chi connectivity index (χ4n) is 2.02. The lowest BCUT2D eigenvalue weighted by Gasteiger charge is -2.16. The second-order valence-electron chi connectivity index (χ2n) is 6.09. The van der Waals surface area contributed by atoms with Crippen LogP contribution in [0.1, 0.15) is 32.0 Å². The summed E-state index contributed by atoms with van der Waals surface area (Å²) in [5, 5.41) is 16.9. The van der Waals surface area contributed by atoms with E-state index in [-0.39, 0.29) is 11.3 Å². The lowest BCUT2D eigenvalue weighted by Crippen LogP contribution is -2.33. The maximum atomic E-state index is 12.7. The summed E-state index contributed by atoms with van der Waals surface area (Å²) in [4.78, 5) is 12.7. The van der Waals surface area contributed by atoms with Crippen LogP contribution in [-0.4, -0.2) is 30.7 Å². The first-order valence-corrected chi connectivity index (χ1v) is 7.37. The summed E-state index contributed by atoms with van der Waals surface area (Å²) in [6.45, 7) is 5.75. The summed E-state index contributed by atoms with van der Waals surface area (Å²) >= 11 is 5.86. The number of nitrogens with zero attached hydrogens (tertiary/aromatic N) is 6. The van der Waals surface area contributed by atoms with Gasteiger partial charge >= 0.3 is 0 Å². The van der Waals surface area contributed by atoms with Crippen LogP contribution in [0.25, 0.3) is 5.78 Å². The summed E-state index contributed by atoms with van der Waals surface area (Å²) in [5.74, 6) is 0.258. The topological polar surface area (TPSA) is 77.4 Å². The molecule has 0 saturated carbocycles. The predicted octanol–water partition coefficient (Wildman–Crippen LogP) is 2.12. The van der Waals surface area contributed by atoms with Gasteiger partial charge in [-0.05, 0) is 17.7 Å². The highest BCUT2D eigenvalue weighted by atomic mass is 35.5. The second kappa shape index (κ2) is 5.58. The van der Waals surface area contributed by atoms with Crippen LogP contribution in [0.3, 0.4) is 0 Å². The van der Waals surface area contributed by atoms with Crippen LogP contribution < -0.4 is 5.56 Å². The molecule has 2 aromatic heterocycles. The molecule has 0 aliphatic carbocycles. The Morgan fingerprint density at radius 2 is 1.91 bits per heavy atom. The second-order valence-corrected chi connectivity index (χ2v) is 6.52. The van der Waals surface area contributed by atoms with Gasteiger partial charge in [0.25, 0.3) is 11.3 Å². The number of hydrogen-bond donors (Lipinski definition) is 0. The van der Waals surface area contributed by atoms with Crippen molar-refractivity contribution in [3.05, 3.63) is 57.2 Å². The first kappa shape index (κ1) is 15.4. The fraction of sp³-hybridized carbons (Fsp3) is 0.267. The third-order valence-corrected chi connectivity index (χ3v) is 3.46. The number of aromatic nitrogens is 5. The highest BCUT2D eigenvalue weighted by Crippen LogP contribution is 2.16. The molecule has 0 N–H and O–H groups in total. The van der Waals surface area contributed by atoms with Crippen molar-refractivity contribution in [3.8, 4) is 0 Å². The summed E-state index contributed by atoms with van der Waals surface area (Å²) in [7, 11) is 0. The van der Waals surface area contributed by atoms with Gasteiger partial charge in [-0.25, -0.2) is 0 Å². The first-order valence-electron chi connectivity index (χ1n) is 7.00. The van der Waals surface area contributed by atoms with Crippen LogP contribution in [0.15, 0.2) is 40.5 Å². The van der Waals surface area contributed by atoms with Crippen LogP contribution >= 0.6 is 11.6 Å². The molecule has 3 rings (SSSR count). The van der Waals surface area contributed by atoms with E-state index in [4.69, 9.17) is 11.6 Å². The molecule has 23 heavy (non-hydrogen) atoms. The molecule has 0 spiro atoms. The minimum Gasteiger partial charge on any atom is -0.265 e. The zero-order chi connectivity index (χ0) is 16.6. The van der Waals surface area contributed by atoms with Crippen molar-refractivity contribution < 1.29 is 0 Å². The zero-order valence-electron chi connectivity index (χ0n) is 12.9. The van der Waals surface area contributed by atoms with Crippen molar-refractivity contribution >= 4 is 23.6 Å². The van der Waals surface area contributed by atoms with E-state index < -0.39 is 5.41 Å². The summed E-state index contributed by atoms with van der Waals surface area (Å²) in [6, 6.07) is 7.13. The lowest BCUT2D eigenvalue weighted by atomic mass is 9.93. The van der Waals surface area contributed by atoms with Crippen molar-refractivity contribution in [3.63, 3.8) is 0 Å². The van der Waals surface area contributed by atoms with Crippen molar-refractivity contribution in [2.45, 2.75) is 26.2 Å². The van der Waals surface area contributed by atoms with Gasteiger partial charge in [-0.15, -0.1) is 10.2 Å². The first-order chi connectivity index (χ1) is 10.9. The Labute approximate surface area is 137 Å². The lowest BCUT2D eigenvalue weighted by molar-refractivity contribution is 0.529. The molecule has 0 aliphatic rings. The van der Waals surface area contributed by atoms with E-state index in [1.165, 1.54) is 15.5 Å². The molecule has 7 nitrogen and oxygen atoms in total. The summed E-state index contributed by atoms with van der Waals surface area (Å²) < 4.78 is 2.65.